The molecule has 0 heterocycles. The Morgan fingerprint density at radius 2 is 1.89 bits per heavy atom. The minimum Gasteiger partial charge on any atom is -0.462 e. The number of esters is 1. The van der Waals surface area contributed by atoms with Gasteiger partial charge in [-0.3, -0.25) is 4.79 Å². The van der Waals surface area contributed by atoms with Crippen LogP contribution in [-0.2, 0) is 9.53 Å². The molecule has 1 saturated carbocycles. The van der Waals surface area contributed by atoms with Gasteiger partial charge in [-0.25, -0.2) is 0 Å². The van der Waals surface area contributed by atoms with Crippen LogP contribution in [0.25, 0.3) is 0 Å². The first-order chi connectivity index (χ1) is 8.81. The normalized spacial score (nSPS) is 29.6. The molecule has 4 unspecified atom stereocenters. The van der Waals surface area contributed by atoms with E-state index in [9.17, 15) is 4.79 Å². The summed E-state index contributed by atoms with van der Waals surface area (Å²) >= 11 is 0. The minimum absolute atomic E-state index is 0.0917. The third-order valence-corrected chi connectivity index (χ3v) is 4.50. The van der Waals surface area contributed by atoms with Crippen LogP contribution < -0.4 is 5.73 Å². The van der Waals surface area contributed by atoms with Gasteiger partial charge in [-0.2, -0.15) is 0 Å². The maximum Gasteiger partial charge on any atom is 0.307 e. The average Bonchev–Trinajstić information content (AvgIpc) is 2.27. The van der Waals surface area contributed by atoms with Gasteiger partial charge in [-0.05, 0) is 36.5 Å². The fourth-order valence-corrected chi connectivity index (χ4v) is 2.90. The van der Waals surface area contributed by atoms with Crippen LogP contribution in [0.1, 0.15) is 60.3 Å². The van der Waals surface area contributed by atoms with Crippen molar-refractivity contribution < 1.29 is 9.53 Å². The third kappa shape index (κ3) is 5.13. The number of carbonyl (C=O) groups excluding carboxylic acids is 1. The maximum atomic E-state index is 12.0. The van der Waals surface area contributed by atoms with Crippen molar-refractivity contribution in [3.8, 4) is 0 Å². The fraction of sp³-hybridized carbons (Fsp3) is 0.938. The Hall–Kier alpha value is -0.570. The van der Waals surface area contributed by atoms with Gasteiger partial charge in [0.25, 0.3) is 0 Å². The highest BCUT2D eigenvalue weighted by Gasteiger charge is 2.33. The lowest BCUT2D eigenvalue weighted by atomic mass is 9.75. The second kappa shape index (κ2) is 7.28. The van der Waals surface area contributed by atoms with Gasteiger partial charge in [0, 0.05) is 6.04 Å². The zero-order valence-electron chi connectivity index (χ0n) is 13.2. The van der Waals surface area contributed by atoms with Crippen LogP contribution in [0.15, 0.2) is 0 Å². The molecule has 1 aliphatic carbocycles. The first-order valence-corrected chi connectivity index (χ1v) is 7.76. The van der Waals surface area contributed by atoms with Crippen LogP contribution in [0.3, 0.4) is 0 Å². The average molecular weight is 269 g/mol. The Balaban J connectivity index is 2.54. The van der Waals surface area contributed by atoms with Gasteiger partial charge < -0.3 is 10.5 Å². The van der Waals surface area contributed by atoms with Gasteiger partial charge in [-0.15, -0.1) is 0 Å². The van der Waals surface area contributed by atoms with Crippen LogP contribution in [-0.4, -0.2) is 18.1 Å². The lowest BCUT2D eigenvalue weighted by molar-refractivity contribution is -0.156. The van der Waals surface area contributed by atoms with Gasteiger partial charge in [0.1, 0.15) is 6.10 Å². The van der Waals surface area contributed by atoms with E-state index in [0.717, 1.165) is 6.42 Å². The van der Waals surface area contributed by atoms with E-state index in [2.05, 4.69) is 20.8 Å². The van der Waals surface area contributed by atoms with Crippen molar-refractivity contribution in [3.63, 3.8) is 0 Å². The molecule has 0 amide bonds. The molecular formula is C16H31NO2. The lowest BCUT2D eigenvalue weighted by Gasteiger charge is -2.36. The molecule has 0 spiro atoms. The van der Waals surface area contributed by atoms with Crippen LogP contribution in [0.5, 0.6) is 0 Å². The molecule has 3 heteroatoms. The van der Waals surface area contributed by atoms with E-state index in [-0.39, 0.29) is 18.1 Å². The van der Waals surface area contributed by atoms with Gasteiger partial charge in [0.2, 0.25) is 0 Å². The summed E-state index contributed by atoms with van der Waals surface area (Å²) in [7, 11) is 0. The van der Waals surface area contributed by atoms with E-state index in [4.69, 9.17) is 10.5 Å². The smallest absolute Gasteiger partial charge is 0.307 e. The van der Waals surface area contributed by atoms with Crippen LogP contribution in [0.4, 0.5) is 0 Å². The van der Waals surface area contributed by atoms with E-state index < -0.39 is 0 Å². The summed E-state index contributed by atoms with van der Waals surface area (Å²) in [5.74, 6) is 1.94. The second-order valence-electron chi connectivity index (χ2n) is 6.97. The molecule has 1 rings (SSSR count). The SMILES string of the molecule is CC1CCC(C(C)C)C(OC(=O)CC(N)C(C)C)C1. The number of nitrogens with two attached hydrogens (primary N) is 1. The van der Waals surface area contributed by atoms with E-state index in [1.807, 2.05) is 13.8 Å². The van der Waals surface area contributed by atoms with Crippen LogP contribution in [0.2, 0.25) is 0 Å². The summed E-state index contributed by atoms with van der Waals surface area (Å²) in [6.07, 6.45) is 3.87. The standard InChI is InChI=1S/C16H31NO2/c1-10(2)13-7-6-12(5)8-15(13)19-16(18)9-14(17)11(3)4/h10-15H,6-9,17H2,1-5H3. The molecule has 0 radical (unpaired) electrons. The quantitative estimate of drug-likeness (QED) is 0.779. The highest BCUT2D eigenvalue weighted by atomic mass is 16.5. The second-order valence-corrected chi connectivity index (χ2v) is 6.97. The summed E-state index contributed by atoms with van der Waals surface area (Å²) in [6, 6.07) is -0.0917. The Kier molecular flexibility index (Phi) is 6.31. The van der Waals surface area contributed by atoms with Crippen molar-refractivity contribution in [2.75, 3.05) is 0 Å². The Labute approximate surface area is 118 Å². The summed E-state index contributed by atoms with van der Waals surface area (Å²) in [5.41, 5.74) is 5.94. The van der Waals surface area contributed by atoms with Crippen molar-refractivity contribution in [3.05, 3.63) is 0 Å². The molecule has 0 aliphatic heterocycles. The number of rotatable bonds is 5. The number of hydrogen-bond acceptors (Lipinski definition) is 3. The lowest BCUT2D eigenvalue weighted by Crippen LogP contribution is -2.38. The van der Waals surface area contributed by atoms with Crippen molar-refractivity contribution in [1.29, 1.82) is 0 Å². The molecule has 1 aliphatic rings. The van der Waals surface area contributed by atoms with E-state index in [1.165, 1.54) is 12.8 Å². The molecular weight excluding hydrogens is 238 g/mol. The molecule has 0 bridgehead atoms. The summed E-state index contributed by atoms with van der Waals surface area (Å²) in [4.78, 5) is 12.0. The molecule has 4 atom stereocenters. The first-order valence-electron chi connectivity index (χ1n) is 7.76. The molecule has 112 valence electrons. The van der Waals surface area contributed by atoms with E-state index in [0.29, 0.717) is 30.1 Å². The topological polar surface area (TPSA) is 52.3 Å². The highest BCUT2D eigenvalue weighted by Crippen LogP contribution is 2.35. The predicted octanol–water partition coefficient (Wildman–Crippen LogP) is 3.36. The maximum absolute atomic E-state index is 12.0. The molecule has 2 N–H and O–H groups in total. The summed E-state index contributed by atoms with van der Waals surface area (Å²) in [6.45, 7) is 10.8. The number of hydrogen-bond donors (Lipinski definition) is 1. The van der Waals surface area contributed by atoms with Crippen LogP contribution >= 0.6 is 0 Å². The third-order valence-electron chi connectivity index (χ3n) is 4.50. The largest absolute Gasteiger partial charge is 0.462 e. The molecule has 3 nitrogen and oxygen atoms in total. The number of carbonyl (C=O) groups is 1. The van der Waals surface area contributed by atoms with Crippen molar-refractivity contribution in [2.24, 2.45) is 29.4 Å². The molecule has 1 fully saturated rings. The Morgan fingerprint density at radius 3 is 2.42 bits per heavy atom. The molecule has 0 saturated heterocycles. The summed E-state index contributed by atoms with van der Waals surface area (Å²) < 4.78 is 5.74. The zero-order chi connectivity index (χ0) is 14.6. The molecule has 0 aromatic rings. The van der Waals surface area contributed by atoms with Crippen LogP contribution in [0, 0.1) is 23.7 Å². The van der Waals surface area contributed by atoms with E-state index >= 15 is 0 Å². The monoisotopic (exact) mass is 269 g/mol. The van der Waals surface area contributed by atoms with Crippen molar-refractivity contribution in [1.82, 2.24) is 0 Å². The molecule has 0 aromatic carbocycles. The van der Waals surface area contributed by atoms with Crippen molar-refractivity contribution in [2.45, 2.75) is 72.4 Å². The van der Waals surface area contributed by atoms with Crippen molar-refractivity contribution >= 4 is 5.97 Å². The van der Waals surface area contributed by atoms with Gasteiger partial charge >= 0.3 is 5.97 Å². The molecule has 19 heavy (non-hydrogen) atoms. The summed E-state index contributed by atoms with van der Waals surface area (Å²) in [5, 5.41) is 0. The van der Waals surface area contributed by atoms with Gasteiger partial charge in [-0.1, -0.05) is 41.0 Å². The number of ether oxygens (including phenoxy) is 1. The predicted molar refractivity (Wildman–Crippen MR) is 78.7 cm³/mol. The molecule has 0 aromatic heterocycles. The fourth-order valence-electron chi connectivity index (χ4n) is 2.90. The Morgan fingerprint density at radius 1 is 1.26 bits per heavy atom. The highest BCUT2D eigenvalue weighted by molar-refractivity contribution is 5.70. The minimum atomic E-state index is -0.119. The van der Waals surface area contributed by atoms with Gasteiger partial charge in [0.05, 0.1) is 6.42 Å². The van der Waals surface area contributed by atoms with E-state index in [1.54, 1.807) is 0 Å². The Bertz CT molecular complexity index is 288. The zero-order valence-corrected chi connectivity index (χ0v) is 13.2. The first kappa shape index (κ1) is 16.5. The van der Waals surface area contributed by atoms with Gasteiger partial charge in [0.15, 0.2) is 0 Å².